The summed E-state index contributed by atoms with van der Waals surface area (Å²) in [5.41, 5.74) is 0.551. The van der Waals surface area contributed by atoms with Crippen LogP contribution in [0.5, 0.6) is 0 Å². The van der Waals surface area contributed by atoms with Crippen LogP contribution in [-0.4, -0.2) is 31.7 Å². The SMILES string of the molecule is CCCS(=O)(=O)O.Cc1ccccc1S(=O)(=O)O. The van der Waals surface area contributed by atoms with Gasteiger partial charge in [-0.3, -0.25) is 9.11 Å². The topological polar surface area (TPSA) is 109 Å². The second-order valence-corrected chi connectivity index (χ2v) is 6.49. The number of rotatable bonds is 3. The van der Waals surface area contributed by atoms with Crippen LogP contribution >= 0.6 is 0 Å². The predicted octanol–water partition coefficient (Wildman–Crippen LogP) is 1.53. The van der Waals surface area contributed by atoms with Crippen LogP contribution in [0.4, 0.5) is 0 Å². The Balaban J connectivity index is 0.000000360. The lowest BCUT2D eigenvalue weighted by Gasteiger charge is -1.99. The molecule has 1 rings (SSSR count). The van der Waals surface area contributed by atoms with Gasteiger partial charge < -0.3 is 0 Å². The Hall–Kier alpha value is -0.960. The van der Waals surface area contributed by atoms with Gasteiger partial charge >= 0.3 is 0 Å². The van der Waals surface area contributed by atoms with Crippen molar-refractivity contribution in [2.75, 3.05) is 5.75 Å². The second kappa shape index (κ2) is 6.83. The third kappa shape index (κ3) is 7.38. The summed E-state index contributed by atoms with van der Waals surface area (Å²) in [7, 11) is -7.71. The molecule has 0 saturated carbocycles. The molecule has 0 aliphatic rings. The fourth-order valence-corrected chi connectivity index (χ4v) is 2.35. The molecule has 0 unspecified atom stereocenters. The molecule has 2 N–H and O–H groups in total. The molecule has 0 aromatic heterocycles. The maximum Gasteiger partial charge on any atom is 0.294 e. The molecular weight excluding hydrogens is 280 g/mol. The van der Waals surface area contributed by atoms with Crippen molar-refractivity contribution in [3.05, 3.63) is 29.8 Å². The van der Waals surface area contributed by atoms with Gasteiger partial charge in [-0.15, -0.1) is 0 Å². The Morgan fingerprint density at radius 3 is 1.78 bits per heavy atom. The summed E-state index contributed by atoms with van der Waals surface area (Å²) in [5, 5.41) is 0. The van der Waals surface area contributed by atoms with Crippen LogP contribution < -0.4 is 0 Å². The molecule has 0 saturated heterocycles. The quantitative estimate of drug-likeness (QED) is 0.819. The van der Waals surface area contributed by atoms with Gasteiger partial charge in [-0.1, -0.05) is 25.1 Å². The van der Waals surface area contributed by atoms with E-state index in [-0.39, 0.29) is 10.6 Å². The van der Waals surface area contributed by atoms with Gasteiger partial charge in [0.2, 0.25) is 0 Å². The molecule has 1 aromatic carbocycles. The first-order valence-electron chi connectivity index (χ1n) is 5.06. The third-order valence-electron chi connectivity index (χ3n) is 1.83. The second-order valence-electron chi connectivity index (χ2n) is 3.53. The van der Waals surface area contributed by atoms with Crippen molar-refractivity contribution in [1.82, 2.24) is 0 Å². The summed E-state index contributed by atoms with van der Waals surface area (Å²) in [4.78, 5) is -0.0278. The summed E-state index contributed by atoms with van der Waals surface area (Å²) in [6, 6.07) is 6.27. The summed E-state index contributed by atoms with van der Waals surface area (Å²) in [6.07, 6.45) is 0.471. The minimum absolute atomic E-state index is 0.0278. The predicted molar refractivity (Wildman–Crippen MR) is 67.7 cm³/mol. The molecule has 0 aliphatic carbocycles. The lowest BCUT2D eigenvalue weighted by molar-refractivity contribution is 0.480. The van der Waals surface area contributed by atoms with E-state index in [0.29, 0.717) is 12.0 Å². The fourth-order valence-electron chi connectivity index (χ4n) is 1.10. The summed E-state index contributed by atoms with van der Waals surface area (Å²) in [5.74, 6) is -0.132. The van der Waals surface area contributed by atoms with Crippen molar-refractivity contribution in [2.45, 2.75) is 25.2 Å². The molecule has 6 nitrogen and oxygen atoms in total. The third-order valence-corrected chi connectivity index (χ3v) is 3.77. The Morgan fingerprint density at radius 2 is 1.56 bits per heavy atom. The first kappa shape index (κ1) is 17.0. The first-order chi connectivity index (χ1) is 8.08. The Bertz CT molecular complexity index is 574. The molecule has 0 radical (unpaired) electrons. The van der Waals surface area contributed by atoms with Crippen LogP contribution in [-0.2, 0) is 20.2 Å². The van der Waals surface area contributed by atoms with Gasteiger partial charge in [-0.05, 0) is 25.0 Å². The molecule has 1 aromatic rings. The van der Waals surface area contributed by atoms with Gasteiger partial charge in [0.1, 0.15) is 0 Å². The minimum atomic E-state index is -4.03. The number of hydrogen-bond acceptors (Lipinski definition) is 4. The lowest BCUT2D eigenvalue weighted by atomic mass is 10.2. The van der Waals surface area contributed by atoms with Crippen molar-refractivity contribution >= 4 is 20.2 Å². The fraction of sp³-hybridized carbons (Fsp3) is 0.400. The van der Waals surface area contributed by atoms with E-state index >= 15 is 0 Å². The normalized spacial score (nSPS) is 11.6. The smallest absolute Gasteiger partial charge is 0.286 e. The molecule has 18 heavy (non-hydrogen) atoms. The maximum absolute atomic E-state index is 10.6. The highest BCUT2D eigenvalue weighted by molar-refractivity contribution is 7.86. The van der Waals surface area contributed by atoms with Crippen molar-refractivity contribution in [1.29, 1.82) is 0 Å². The van der Waals surface area contributed by atoms with Crippen LogP contribution in [0, 0.1) is 6.92 Å². The van der Waals surface area contributed by atoms with E-state index in [2.05, 4.69) is 0 Å². The number of hydrogen-bond donors (Lipinski definition) is 2. The Kier molecular flexibility index (Phi) is 6.47. The molecule has 8 heteroatoms. The summed E-state index contributed by atoms with van der Waals surface area (Å²) < 4.78 is 57.4. The van der Waals surface area contributed by atoms with Crippen LogP contribution in [0.3, 0.4) is 0 Å². The number of aryl methyl sites for hydroxylation is 1. The average molecular weight is 296 g/mol. The van der Waals surface area contributed by atoms with Gasteiger partial charge in [0.15, 0.2) is 0 Å². The molecule has 0 bridgehead atoms. The zero-order valence-electron chi connectivity index (χ0n) is 10.1. The monoisotopic (exact) mass is 296 g/mol. The molecule has 104 valence electrons. The van der Waals surface area contributed by atoms with Crippen molar-refractivity contribution in [2.24, 2.45) is 0 Å². The largest absolute Gasteiger partial charge is 0.294 e. The van der Waals surface area contributed by atoms with Crippen molar-refractivity contribution in [3.8, 4) is 0 Å². The van der Waals surface area contributed by atoms with Crippen LogP contribution in [0.15, 0.2) is 29.2 Å². The summed E-state index contributed by atoms with van der Waals surface area (Å²) in [6.45, 7) is 3.32. The Morgan fingerprint density at radius 1 is 1.06 bits per heavy atom. The Labute approximate surface area is 107 Å². The average Bonchev–Trinajstić information content (AvgIpc) is 2.15. The van der Waals surface area contributed by atoms with E-state index in [9.17, 15) is 16.8 Å². The molecule has 0 spiro atoms. The van der Waals surface area contributed by atoms with Crippen LogP contribution in [0.1, 0.15) is 18.9 Å². The van der Waals surface area contributed by atoms with Gasteiger partial charge in [-0.25, -0.2) is 0 Å². The zero-order valence-corrected chi connectivity index (χ0v) is 11.7. The molecule has 0 heterocycles. The highest BCUT2D eigenvalue weighted by Gasteiger charge is 2.10. The van der Waals surface area contributed by atoms with Crippen LogP contribution in [0.25, 0.3) is 0 Å². The van der Waals surface area contributed by atoms with E-state index < -0.39 is 20.2 Å². The minimum Gasteiger partial charge on any atom is -0.286 e. The van der Waals surface area contributed by atoms with Crippen LogP contribution in [0.2, 0.25) is 0 Å². The van der Waals surface area contributed by atoms with Crippen molar-refractivity contribution in [3.63, 3.8) is 0 Å². The van der Waals surface area contributed by atoms with E-state index in [0.717, 1.165) is 0 Å². The van der Waals surface area contributed by atoms with Gasteiger partial charge in [-0.2, -0.15) is 16.8 Å². The molecule has 0 atom stereocenters. The molecule has 0 aliphatic heterocycles. The molecule has 0 fully saturated rings. The standard InChI is InChI=1S/C7H8O3S.C3H8O3S/c1-6-4-2-3-5-7(6)11(8,9)10;1-2-3-7(4,5)6/h2-5H,1H3,(H,8,9,10);2-3H2,1H3,(H,4,5,6). The highest BCUT2D eigenvalue weighted by Crippen LogP contribution is 2.12. The molecular formula is C10H16O6S2. The number of benzene rings is 1. The van der Waals surface area contributed by atoms with Gasteiger partial charge in [0.25, 0.3) is 20.2 Å². The summed E-state index contributed by atoms with van der Waals surface area (Å²) >= 11 is 0. The first-order valence-corrected chi connectivity index (χ1v) is 8.11. The zero-order chi connectivity index (χ0) is 14.4. The van der Waals surface area contributed by atoms with Gasteiger partial charge in [0, 0.05) is 0 Å². The van der Waals surface area contributed by atoms with Gasteiger partial charge in [0.05, 0.1) is 10.6 Å². The highest BCUT2D eigenvalue weighted by atomic mass is 32.2. The van der Waals surface area contributed by atoms with Crippen molar-refractivity contribution < 1.29 is 25.9 Å². The van der Waals surface area contributed by atoms with E-state index in [4.69, 9.17) is 9.11 Å². The molecule has 0 amide bonds. The van der Waals surface area contributed by atoms with E-state index in [1.165, 1.54) is 6.07 Å². The lowest BCUT2D eigenvalue weighted by Crippen LogP contribution is -2.01. The van der Waals surface area contributed by atoms with E-state index in [1.807, 2.05) is 0 Å². The maximum atomic E-state index is 10.6. The van der Waals surface area contributed by atoms with E-state index in [1.54, 1.807) is 32.0 Å².